The summed E-state index contributed by atoms with van der Waals surface area (Å²) in [4.78, 5) is 22.9. The van der Waals surface area contributed by atoms with Crippen molar-refractivity contribution in [3.05, 3.63) is 272 Å². The molecule has 6 nitrogen and oxygen atoms in total. The average Bonchev–Trinajstić information content (AvgIpc) is 3.85. The topological polar surface area (TPSA) is 59.7 Å². The zero-order valence-electron chi connectivity index (χ0n) is 38.3. The van der Waals surface area contributed by atoms with Crippen LogP contribution in [-0.2, 0) is 0 Å². The SMILES string of the molecule is C1=CC(c2nc(-c3ccccc3)nc(-c3cccc(-c4nc5ccccc5n4-c4ccccc4)c3)n2)CC=C1c1ccc(N(c2ccc(-c3ccccc3)cc2)c2ccc(-c3ccccc3)cc2)cc1. The van der Waals surface area contributed by atoms with Crippen LogP contribution in [0.3, 0.4) is 0 Å². The molecule has 1 aliphatic carbocycles. The zero-order chi connectivity index (χ0) is 46.6. The number of aromatic nitrogens is 5. The van der Waals surface area contributed by atoms with Gasteiger partial charge in [0.1, 0.15) is 11.6 Å². The molecule has 0 aliphatic heterocycles. The predicted octanol–water partition coefficient (Wildman–Crippen LogP) is 16.1. The van der Waals surface area contributed by atoms with Gasteiger partial charge in [-0.2, -0.15) is 0 Å². The van der Waals surface area contributed by atoms with Crippen molar-refractivity contribution >= 4 is 33.7 Å². The third kappa shape index (κ3) is 8.51. The molecule has 2 heterocycles. The molecular formula is C64H46N6. The Labute approximate surface area is 407 Å². The fraction of sp³-hybridized carbons (Fsp3) is 0.0312. The summed E-state index contributed by atoms with van der Waals surface area (Å²) in [6.07, 6.45) is 7.51. The highest BCUT2D eigenvalue weighted by Gasteiger charge is 2.21. The highest BCUT2D eigenvalue weighted by molar-refractivity contribution is 5.85. The molecule has 0 saturated carbocycles. The second kappa shape index (κ2) is 18.8. The minimum Gasteiger partial charge on any atom is -0.311 e. The molecule has 12 rings (SSSR count). The van der Waals surface area contributed by atoms with Gasteiger partial charge in [-0.3, -0.25) is 4.57 Å². The molecule has 0 N–H and O–H groups in total. The smallest absolute Gasteiger partial charge is 0.163 e. The molecule has 2 aromatic heterocycles. The Morgan fingerprint density at radius 2 is 0.857 bits per heavy atom. The number of rotatable bonds is 11. The van der Waals surface area contributed by atoms with Crippen LogP contribution in [0.2, 0.25) is 0 Å². The van der Waals surface area contributed by atoms with Gasteiger partial charge in [-0.15, -0.1) is 0 Å². The summed E-state index contributed by atoms with van der Waals surface area (Å²) in [6, 6.07) is 84.9. The number of hydrogen-bond donors (Lipinski definition) is 0. The second-order valence-corrected chi connectivity index (χ2v) is 17.5. The van der Waals surface area contributed by atoms with Crippen molar-refractivity contribution in [1.82, 2.24) is 24.5 Å². The molecular weight excluding hydrogens is 853 g/mol. The van der Waals surface area contributed by atoms with Gasteiger partial charge >= 0.3 is 0 Å². The van der Waals surface area contributed by atoms with Crippen LogP contribution in [0, 0.1) is 0 Å². The number of nitrogens with zero attached hydrogens (tertiary/aromatic N) is 6. The van der Waals surface area contributed by atoms with Gasteiger partial charge in [0.15, 0.2) is 11.6 Å². The molecule has 6 heteroatoms. The lowest BCUT2D eigenvalue weighted by molar-refractivity contribution is 0.766. The monoisotopic (exact) mass is 898 g/mol. The van der Waals surface area contributed by atoms with E-state index in [-0.39, 0.29) is 5.92 Å². The molecule has 0 bridgehead atoms. The highest BCUT2D eigenvalue weighted by atomic mass is 15.1. The first-order chi connectivity index (χ1) is 34.7. The maximum atomic E-state index is 5.21. The summed E-state index contributed by atoms with van der Waals surface area (Å²) in [6.45, 7) is 0. The first kappa shape index (κ1) is 42.1. The molecule has 1 unspecified atom stereocenters. The predicted molar refractivity (Wildman–Crippen MR) is 287 cm³/mol. The molecule has 332 valence electrons. The lowest BCUT2D eigenvalue weighted by atomic mass is 9.92. The van der Waals surface area contributed by atoms with E-state index in [9.17, 15) is 0 Å². The highest BCUT2D eigenvalue weighted by Crippen LogP contribution is 2.39. The van der Waals surface area contributed by atoms with Crippen molar-refractivity contribution in [2.75, 3.05) is 4.90 Å². The van der Waals surface area contributed by atoms with Crippen molar-refractivity contribution in [2.45, 2.75) is 12.3 Å². The summed E-state index contributed by atoms with van der Waals surface area (Å²) in [5.74, 6) is 2.83. The van der Waals surface area contributed by atoms with Crippen LogP contribution in [0.5, 0.6) is 0 Å². The van der Waals surface area contributed by atoms with E-state index in [4.69, 9.17) is 19.9 Å². The van der Waals surface area contributed by atoms with Crippen molar-refractivity contribution in [3.63, 3.8) is 0 Å². The van der Waals surface area contributed by atoms with Gasteiger partial charge in [-0.25, -0.2) is 19.9 Å². The fourth-order valence-electron chi connectivity index (χ4n) is 9.40. The summed E-state index contributed by atoms with van der Waals surface area (Å²) < 4.78 is 2.22. The molecule has 0 saturated heterocycles. The van der Waals surface area contributed by atoms with E-state index in [1.54, 1.807) is 0 Å². The molecule has 0 amide bonds. The molecule has 0 fully saturated rings. The van der Waals surface area contributed by atoms with E-state index in [1.165, 1.54) is 27.8 Å². The number of imidazole rings is 1. The van der Waals surface area contributed by atoms with Crippen molar-refractivity contribution in [1.29, 1.82) is 0 Å². The van der Waals surface area contributed by atoms with E-state index < -0.39 is 0 Å². The van der Waals surface area contributed by atoms with Crippen LogP contribution >= 0.6 is 0 Å². The average molecular weight is 899 g/mol. The number of allylic oxidation sites excluding steroid dienone is 4. The van der Waals surface area contributed by atoms with Gasteiger partial charge in [-0.1, -0.05) is 194 Å². The first-order valence-corrected chi connectivity index (χ1v) is 23.7. The second-order valence-electron chi connectivity index (χ2n) is 17.5. The lowest BCUT2D eigenvalue weighted by Crippen LogP contribution is -2.10. The standard InChI is InChI=1S/C64H46N6/c1-5-16-45(17-6-1)48-32-38-56(39-33-48)69(57-40-34-49(35-41-57)46-18-7-2-8-19-46)58-42-36-50(37-43-58)47-28-30-52(31-29-47)62-66-61(51-20-9-3-10-21-51)67-63(68-62)53-22-15-23-54(44-53)64-65-59-26-13-14-27-60(59)70(64)55-24-11-4-12-25-55/h1-30,32-44,52H,31H2. The minimum absolute atomic E-state index is 0.0362. The molecule has 9 aromatic carbocycles. The molecule has 11 aromatic rings. The third-order valence-corrected chi connectivity index (χ3v) is 13.0. The Bertz CT molecular complexity index is 3560. The van der Waals surface area contributed by atoms with E-state index >= 15 is 0 Å². The number of benzene rings is 9. The normalized spacial score (nSPS) is 13.3. The van der Waals surface area contributed by atoms with Crippen molar-refractivity contribution in [2.24, 2.45) is 0 Å². The number of anilines is 3. The summed E-state index contributed by atoms with van der Waals surface area (Å²) in [5.41, 5.74) is 16.2. The number of fused-ring (bicyclic) bond motifs is 1. The van der Waals surface area contributed by atoms with Crippen LogP contribution in [0.1, 0.15) is 23.7 Å². The zero-order valence-corrected chi connectivity index (χ0v) is 38.3. The van der Waals surface area contributed by atoms with E-state index in [1.807, 2.05) is 30.3 Å². The maximum absolute atomic E-state index is 5.21. The summed E-state index contributed by atoms with van der Waals surface area (Å²) >= 11 is 0. The number of hydrogen-bond acceptors (Lipinski definition) is 5. The molecule has 70 heavy (non-hydrogen) atoms. The quantitative estimate of drug-likeness (QED) is 0.129. The first-order valence-electron chi connectivity index (χ1n) is 23.7. The van der Waals surface area contributed by atoms with Gasteiger partial charge in [0.25, 0.3) is 0 Å². The molecule has 0 spiro atoms. The van der Waals surface area contributed by atoms with Gasteiger partial charge in [0.2, 0.25) is 0 Å². The van der Waals surface area contributed by atoms with Crippen molar-refractivity contribution < 1.29 is 0 Å². The van der Waals surface area contributed by atoms with Crippen LogP contribution in [0.15, 0.2) is 261 Å². The Balaban J connectivity index is 0.843. The Morgan fingerprint density at radius 3 is 1.43 bits per heavy atom. The Hall–Kier alpha value is -9.26. The minimum atomic E-state index is -0.0362. The van der Waals surface area contributed by atoms with Crippen LogP contribution in [-0.4, -0.2) is 24.5 Å². The maximum Gasteiger partial charge on any atom is 0.163 e. The Morgan fingerprint density at radius 1 is 0.386 bits per heavy atom. The molecule has 1 aliphatic rings. The van der Waals surface area contributed by atoms with Crippen LogP contribution < -0.4 is 4.90 Å². The van der Waals surface area contributed by atoms with Crippen molar-refractivity contribution in [3.8, 4) is 62.1 Å². The lowest BCUT2D eigenvalue weighted by Gasteiger charge is -2.26. The van der Waals surface area contributed by atoms with E-state index in [2.05, 4.69) is 240 Å². The molecule has 1 atom stereocenters. The summed E-state index contributed by atoms with van der Waals surface area (Å²) in [5, 5.41) is 0. The third-order valence-electron chi connectivity index (χ3n) is 13.0. The van der Waals surface area contributed by atoms with Gasteiger partial charge < -0.3 is 4.90 Å². The van der Waals surface area contributed by atoms with Crippen LogP contribution in [0.4, 0.5) is 17.1 Å². The van der Waals surface area contributed by atoms with E-state index in [0.29, 0.717) is 11.6 Å². The number of para-hydroxylation sites is 3. The largest absolute Gasteiger partial charge is 0.311 e. The van der Waals surface area contributed by atoms with E-state index in [0.717, 1.165) is 74.1 Å². The van der Waals surface area contributed by atoms with Crippen LogP contribution in [0.25, 0.3) is 78.7 Å². The van der Waals surface area contributed by atoms with Gasteiger partial charge in [0.05, 0.1) is 11.0 Å². The van der Waals surface area contributed by atoms with Gasteiger partial charge in [0, 0.05) is 45.4 Å². The molecule has 0 radical (unpaired) electrons. The van der Waals surface area contributed by atoms with Gasteiger partial charge in [-0.05, 0) is 107 Å². The summed E-state index contributed by atoms with van der Waals surface area (Å²) in [7, 11) is 0. The Kier molecular flexibility index (Phi) is 11.3. The fourth-order valence-corrected chi connectivity index (χ4v) is 9.40.